The number of nitrogens with one attached hydrogen (secondary N) is 3. The van der Waals surface area contributed by atoms with Crippen molar-refractivity contribution in [1.29, 1.82) is 0 Å². The molecule has 3 N–H and O–H groups in total. The van der Waals surface area contributed by atoms with Crippen molar-refractivity contribution in [3.8, 4) is 0 Å². The minimum Gasteiger partial charge on any atom is -0.385 e. The van der Waals surface area contributed by atoms with Gasteiger partial charge in [0.15, 0.2) is 0 Å². The van der Waals surface area contributed by atoms with Gasteiger partial charge >= 0.3 is 11.1 Å². The number of anilines is 1. The maximum Gasteiger partial charge on any atom is 0.314 e. The van der Waals surface area contributed by atoms with Gasteiger partial charge in [-0.05, 0) is 25.0 Å². The molecule has 1 aliphatic rings. The average Bonchev–Trinajstić information content (AvgIpc) is 2.31. The standard InChI is InChI=1S/C11H11N3O2/c15-10-11(16)14-9-6-2-1-5-12-7(6)3-4-8(9)13-10/h3-4,12H,1-2,5H2,(H,13,15)(H,14,16). The maximum absolute atomic E-state index is 11.3. The molecule has 0 bridgehead atoms. The van der Waals surface area contributed by atoms with E-state index in [4.69, 9.17) is 0 Å². The molecule has 0 unspecified atom stereocenters. The summed E-state index contributed by atoms with van der Waals surface area (Å²) in [6, 6.07) is 3.74. The van der Waals surface area contributed by atoms with Gasteiger partial charge in [-0.1, -0.05) is 0 Å². The Morgan fingerprint density at radius 1 is 1.06 bits per heavy atom. The van der Waals surface area contributed by atoms with Crippen LogP contribution in [0.5, 0.6) is 0 Å². The first-order valence-electron chi connectivity index (χ1n) is 5.28. The molecule has 2 heterocycles. The first-order chi connectivity index (χ1) is 7.75. The molecule has 0 fully saturated rings. The van der Waals surface area contributed by atoms with E-state index in [-0.39, 0.29) is 0 Å². The molecule has 1 aromatic carbocycles. The zero-order chi connectivity index (χ0) is 11.1. The van der Waals surface area contributed by atoms with Crippen LogP contribution in [-0.2, 0) is 6.42 Å². The normalized spacial score (nSPS) is 14.5. The topological polar surface area (TPSA) is 77.8 Å². The van der Waals surface area contributed by atoms with E-state index < -0.39 is 11.1 Å². The summed E-state index contributed by atoms with van der Waals surface area (Å²) >= 11 is 0. The van der Waals surface area contributed by atoms with Crippen molar-refractivity contribution < 1.29 is 0 Å². The Balaban J connectivity index is 2.43. The van der Waals surface area contributed by atoms with E-state index in [9.17, 15) is 9.59 Å². The number of hydrogen-bond acceptors (Lipinski definition) is 3. The molecule has 0 amide bonds. The fourth-order valence-corrected chi connectivity index (χ4v) is 2.16. The summed E-state index contributed by atoms with van der Waals surface area (Å²) in [5.74, 6) is 0. The van der Waals surface area contributed by atoms with E-state index in [1.807, 2.05) is 12.1 Å². The number of aromatic amines is 2. The number of rotatable bonds is 0. The van der Waals surface area contributed by atoms with Crippen LogP contribution >= 0.6 is 0 Å². The Morgan fingerprint density at radius 3 is 2.75 bits per heavy atom. The summed E-state index contributed by atoms with van der Waals surface area (Å²) in [4.78, 5) is 27.7. The first kappa shape index (κ1) is 9.21. The molecule has 5 nitrogen and oxygen atoms in total. The Hall–Kier alpha value is -2.04. The highest BCUT2D eigenvalue weighted by Crippen LogP contribution is 2.26. The van der Waals surface area contributed by atoms with Gasteiger partial charge in [0.2, 0.25) is 0 Å². The molecule has 0 aliphatic carbocycles. The van der Waals surface area contributed by atoms with Crippen LogP contribution in [-0.4, -0.2) is 16.5 Å². The first-order valence-corrected chi connectivity index (χ1v) is 5.28. The van der Waals surface area contributed by atoms with Crippen LogP contribution < -0.4 is 16.4 Å². The molecular weight excluding hydrogens is 206 g/mol. The minimum absolute atomic E-state index is 0.591. The van der Waals surface area contributed by atoms with E-state index >= 15 is 0 Å². The molecule has 2 aromatic rings. The van der Waals surface area contributed by atoms with Crippen molar-refractivity contribution >= 4 is 16.7 Å². The van der Waals surface area contributed by atoms with E-state index in [0.29, 0.717) is 5.52 Å². The van der Waals surface area contributed by atoms with Crippen LogP contribution in [0.1, 0.15) is 12.0 Å². The van der Waals surface area contributed by atoms with Crippen molar-refractivity contribution in [2.75, 3.05) is 11.9 Å². The number of aryl methyl sites for hydroxylation is 1. The summed E-state index contributed by atoms with van der Waals surface area (Å²) in [6.07, 6.45) is 1.95. The van der Waals surface area contributed by atoms with Gasteiger partial charge in [-0.3, -0.25) is 9.59 Å². The molecule has 0 spiro atoms. The van der Waals surface area contributed by atoms with Crippen LogP contribution in [0.3, 0.4) is 0 Å². The van der Waals surface area contributed by atoms with Crippen LogP contribution in [0.25, 0.3) is 11.0 Å². The summed E-state index contributed by atoms with van der Waals surface area (Å²) in [6.45, 7) is 0.950. The van der Waals surface area contributed by atoms with Crippen molar-refractivity contribution in [2.24, 2.45) is 0 Å². The van der Waals surface area contributed by atoms with Gasteiger partial charge in [-0.15, -0.1) is 0 Å². The van der Waals surface area contributed by atoms with E-state index in [2.05, 4.69) is 15.3 Å². The van der Waals surface area contributed by atoms with Crippen molar-refractivity contribution in [2.45, 2.75) is 12.8 Å². The van der Waals surface area contributed by atoms with Gasteiger partial charge in [0.05, 0.1) is 11.0 Å². The van der Waals surface area contributed by atoms with Crippen LogP contribution in [0, 0.1) is 0 Å². The Bertz CT molecular complexity index is 669. The van der Waals surface area contributed by atoms with Crippen molar-refractivity contribution in [1.82, 2.24) is 9.97 Å². The molecule has 1 aliphatic heterocycles. The third kappa shape index (κ3) is 1.25. The van der Waals surface area contributed by atoms with Gasteiger partial charge in [0, 0.05) is 17.8 Å². The highest BCUT2D eigenvalue weighted by atomic mass is 16.2. The second-order valence-corrected chi connectivity index (χ2v) is 3.95. The van der Waals surface area contributed by atoms with Gasteiger partial charge in [-0.25, -0.2) is 0 Å². The zero-order valence-corrected chi connectivity index (χ0v) is 8.59. The summed E-state index contributed by atoms with van der Waals surface area (Å²) in [5.41, 5.74) is 2.36. The number of hydrogen-bond donors (Lipinski definition) is 3. The van der Waals surface area contributed by atoms with E-state index in [1.165, 1.54) is 0 Å². The summed E-state index contributed by atoms with van der Waals surface area (Å²) < 4.78 is 0. The zero-order valence-electron chi connectivity index (χ0n) is 8.59. The average molecular weight is 217 g/mol. The quantitative estimate of drug-likeness (QED) is 0.565. The fourth-order valence-electron chi connectivity index (χ4n) is 2.16. The Morgan fingerprint density at radius 2 is 1.88 bits per heavy atom. The number of fused-ring (bicyclic) bond motifs is 3. The van der Waals surface area contributed by atoms with Crippen molar-refractivity contribution in [3.63, 3.8) is 0 Å². The Labute approximate surface area is 90.5 Å². The number of aromatic nitrogens is 2. The summed E-state index contributed by atoms with van der Waals surface area (Å²) in [7, 11) is 0. The van der Waals surface area contributed by atoms with E-state index in [1.54, 1.807) is 0 Å². The van der Waals surface area contributed by atoms with E-state index in [0.717, 1.165) is 36.2 Å². The summed E-state index contributed by atoms with van der Waals surface area (Å²) in [5, 5.41) is 3.27. The lowest BCUT2D eigenvalue weighted by molar-refractivity contribution is 0.833. The monoisotopic (exact) mass is 217 g/mol. The van der Waals surface area contributed by atoms with Gasteiger partial charge in [0.25, 0.3) is 0 Å². The van der Waals surface area contributed by atoms with Crippen LogP contribution in [0.2, 0.25) is 0 Å². The molecular formula is C11H11N3O2. The van der Waals surface area contributed by atoms with Crippen molar-refractivity contribution in [3.05, 3.63) is 38.4 Å². The molecule has 82 valence electrons. The largest absolute Gasteiger partial charge is 0.385 e. The second-order valence-electron chi connectivity index (χ2n) is 3.95. The van der Waals surface area contributed by atoms with Crippen LogP contribution in [0.4, 0.5) is 5.69 Å². The highest BCUT2D eigenvalue weighted by Gasteiger charge is 2.13. The molecule has 0 saturated carbocycles. The second kappa shape index (κ2) is 3.23. The molecule has 0 atom stereocenters. The third-order valence-electron chi connectivity index (χ3n) is 2.92. The predicted molar refractivity (Wildman–Crippen MR) is 62.0 cm³/mol. The minimum atomic E-state index is -0.601. The lowest BCUT2D eigenvalue weighted by Gasteiger charge is -2.18. The fraction of sp³-hybridized carbons (Fsp3) is 0.273. The Kier molecular flexibility index (Phi) is 1.86. The highest BCUT2D eigenvalue weighted by molar-refractivity contribution is 5.84. The third-order valence-corrected chi connectivity index (χ3v) is 2.92. The molecule has 0 radical (unpaired) electrons. The van der Waals surface area contributed by atoms with Gasteiger partial charge in [0.1, 0.15) is 0 Å². The molecule has 0 saturated heterocycles. The number of H-pyrrole nitrogens is 2. The SMILES string of the molecule is O=c1[nH]c2ccc3c(c2[nH]c1=O)CCCN3. The predicted octanol–water partition coefficient (Wildman–Crippen LogP) is 0.574. The smallest absolute Gasteiger partial charge is 0.314 e. The molecule has 1 aromatic heterocycles. The maximum atomic E-state index is 11.3. The number of benzene rings is 1. The lowest BCUT2D eigenvalue weighted by Crippen LogP contribution is -2.29. The molecule has 16 heavy (non-hydrogen) atoms. The molecule has 3 rings (SSSR count). The molecule has 5 heteroatoms. The van der Waals surface area contributed by atoms with Gasteiger partial charge in [-0.2, -0.15) is 0 Å². The van der Waals surface area contributed by atoms with Crippen LogP contribution in [0.15, 0.2) is 21.7 Å². The lowest BCUT2D eigenvalue weighted by atomic mass is 10.0. The van der Waals surface area contributed by atoms with Gasteiger partial charge < -0.3 is 15.3 Å².